The second kappa shape index (κ2) is 6.61. The van der Waals surface area contributed by atoms with Gasteiger partial charge in [0.15, 0.2) is 5.43 Å². The van der Waals surface area contributed by atoms with Crippen LogP contribution in [-0.2, 0) is 14.8 Å². The Morgan fingerprint density at radius 1 is 1.04 bits per heavy atom. The van der Waals surface area contributed by atoms with Gasteiger partial charge in [0.1, 0.15) is 17.1 Å². The van der Waals surface area contributed by atoms with Crippen molar-refractivity contribution in [2.45, 2.75) is 4.90 Å². The average Bonchev–Trinajstić information content (AvgIpc) is 2.88. The Hall–Kier alpha value is -3.46. The molecule has 0 saturated carbocycles. The summed E-state index contributed by atoms with van der Waals surface area (Å²) in [7, 11) is -3.97. The van der Waals surface area contributed by atoms with E-state index in [-0.39, 0.29) is 35.0 Å². The molecule has 0 spiro atoms. The second-order valence-corrected chi connectivity index (χ2v) is 7.82. The zero-order valence-electron chi connectivity index (χ0n) is 14.3. The van der Waals surface area contributed by atoms with Crippen LogP contribution in [0.2, 0.25) is 0 Å². The van der Waals surface area contributed by atoms with E-state index < -0.39 is 27.3 Å². The number of esters is 1. The van der Waals surface area contributed by atoms with Gasteiger partial charge in [0.25, 0.3) is 15.9 Å². The lowest BCUT2D eigenvalue weighted by Crippen LogP contribution is -2.33. The van der Waals surface area contributed by atoms with Crippen molar-refractivity contribution in [3.63, 3.8) is 0 Å². The molecule has 0 saturated heterocycles. The lowest BCUT2D eigenvalue weighted by molar-refractivity contribution is 0.0444. The number of ether oxygens (including phenoxy) is 1. The third kappa shape index (κ3) is 2.85. The van der Waals surface area contributed by atoms with Gasteiger partial charge in [0.2, 0.25) is 5.76 Å². The molecular weight excluding hydrogens is 386 g/mol. The van der Waals surface area contributed by atoms with Gasteiger partial charge < -0.3 is 9.15 Å². The molecule has 8 nitrogen and oxygen atoms in total. The maximum atomic E-state index is 12.4. The Morgan fingerprint density at radius 3 is 2.54 bits per heavy atom. The highest BCUT2D eigenvalue weighted by molar-refractivity contribution is 7.90. The number of nitrogens with zero attached hydrogens (tertiary/aromatic N) is 1. The van der Waals surface area contributed by atoms with Crippen LogP contribution in [0.25, 0.3) is 11.0 Å². The van der Waals surface area contributed by atoms with Crippen LogP contribution in [0.4, 0.5) is 0 Å². The van der Waals surface area contributed by atoms with Crippen molar-refractivity contribution in [2.75, 3.05) is 13.2 Å². The van der Waals surface area contributed by atoms with Crippen molar-refractivity contribution in [1.82, 2.24) is 4.31 Å². The topological polar surface area (TPSA) is 111 Å². The minimum absolute atomic E-state index is 0.0770. The normalized spacial score (nSPS) is 14.9. The number of carbonyl (C=O) groups excluding carboxylic acids is 2. The highest BCUT2D eigenvalue weighted by Crippen LogP contribution is 2.29. The molecule has 2 aromatic carbocycles. The van der Waals surface area contributed by atoms with Crippen LogP contribution in [0.5, 0.6) is 0 Å². The molecule has 0 unspecified atom stereocenters. The van der Waals surface area contributed by atoms with Crippen LogP contribution in [0.3, 0.4) is 0 Å². The van der Waals surface area contributed by atoms with Gasteiger partial charge in [-0.1, -0.05) is 24.3 Å². The number of carbonyl (C=O) groups is 2. The molecule has 4 rings (SSSR count). The van der Waals surface area contributed by atoms with Gasteiger partial charge in [-0.25, -0.2) is 17.5 Å². The average molecular weight is 399 g/mol. The number of benzene rings is 2. The zero-order valence-corrected chi connectivity index (χ0v) is 15.1. The molecule has 1 aliphatic heterocycles. The largest absolute Gasteiger partial charge is 0.458 e. The molecule has 1 aromatic heterocycles. The lowest BCUT2D eigenvalue weighted by atomic mass is 10.2. The summed E-state index contributed by atoms with van der Waals surface area (Å²) in [4.78, 5) is 36.4. The van der Waals surface area contributed by atoms with E-state index in [4.69, 9.17) is 9.15 Å². The minimum Gasteiger partial charge on any atom is -0.458 e. The van der Waals surface area contributed by atoms with E-state index in [1.165, 1.54) is 18.2 Å². The number of fused-ring (bicyclic) bond motifs is 2. The molecule has 1 aliphatic rings. The number of hydrogen-bond acceptors (Lipinski definition) is 7. The maximum absolute atomic E-state index is 12.4. The summed E-state index contributed by atoms with van der Waals surface area (Å²) in [5.74, 6) is -1.91. The van der Waals surface area contributed by atoms with Gasteiger partial charge >= 0.3 is 5.97 Å². The van der Waals surface area contributed by atoms with Crippen LogP contribution in [0, 0.1) is 0 Å². The molecular formula is C19H13NO7S. The van der Waals surface area contributed by atoms with Crippen molar-refractivity contribution in [3.8, 4) is 0 Å². The van der Waals surface area contributed by atoms with Crippen molar-refractivity contribution in [3.05, 3.63) is 76.1 Å². The summed E-state index contributed by atoms with van der Waals surface area (Å²) < 4.78 is 35.9. The fourth-order valence-electron chi connectivity index (χ4n) is 2.95. The third-order valence-electron chi connectivity index (χ3n) is 4.28. The molecule has 0 N–H and O–H groups in total. The van der Waals surface area contributed by atoms with Crippen LogP contribution < -0.4 is 5.43 Å². The molecule has 3 aromatic rings. The summed E-state index contributed by atoms with van der Waals surface area (Å²) in [5.41, 5.74) is -0.0920. The Balaban J connectivity index is 1.48. The Kier molecular flexibility index (Phi) is 4.23. The summed E-state index contributed by atoms with van der Waals surface area (Å²) >= 11 is 0. The highest BCUT2D eigenvalue weighted by Gasteiger charge is 2.40. The van der Waals surface area contributed by atoms with Crippen LogP contribution >= 0.6 is 0 Å². The van der Waals surface area contributed by atoms with Crippen molar-refractivity contribution >= 4 is 32.9 Å². The number of amides is 1. The predicted octanol–water partition coefficient (Wildman–Crippen LogP) is 1.79. The molecule has 0 bridgehead atoms. The lowest BCUT2D eigenvalue weighted by Gasteiger charge is -2.14. The third-order valence-corrected chi connectivity index (χ3v) is 6.12. The van der Waals surface area contributed by atoms with E-state index in [1.54, 1.807) is 30.3 Å². The monoisotopic (exact) mass is 399 g/mol. The second-order valence-electron chi connectivity index (χ2n) is 5.99. The molecule has 28 heavy (non-hydrogen) atoms. The Labute approximate surface area is 159 Å². The molecule has 9 heteroatoms. The molecule has 0 aliphatic carbocycles. The van der Waals surface area contributed by atoms with E-state index >= 15 is 0 Å². The van der Waals surface area contributed by atoms with Gasteiger partial charge in [0, 0.05) is 6.07 Å². The van der Waals surface area contributed by atoms with E-state index in [9.17, 15) is 22.8 Å². The molecule has 142 valence electrons. The van der Waals surface area contributed by atoms with Gasteiger partial charge in [0.05, 0.1) is 17.5 Å². The summed E-state index contributed by atoms with van der Waals surface area (Å²) in [6.45, 7) is -0.728. The van der Waals surface area contributed by atoms with E-state index in [2.05, 4.69) is 0 Å². The number of sulfonamides is 1. The first-order valence-electron chi connectivity index (χ1n) is 8.26. The first kappa shape index (κ1) is 17.9. The van der Waals surface area contributed by atoms with Crippen LogP contribution in [0.1, 0.15) is 20.9 Å². The molecule has 2 heterocycles. The maximum Gasteiger partial charge on any atom is 0.374 e. The first-order chi connectivity index (χ1) is 13.4. The Morgan fingerprint density at radius 2 is 1.75 bits per heavy atom. The van der Waals surface area contributed by atoms with Gasteiger partial charge in [-0.05, 0) is 24.3 Å². The van der Waals surface area contributed by atoms with Crippen molar-refractivity contribution in [2.24, 2.45) is 0 Å². The van der Waals surface area contributed by atoms with Crippen LogP contribution in [-0.4, -0.2) is 37.8 Å². The smallest absolute Gasteiger partial charge is 0.374 e. The zero-order chi connectivity index (χ0) is 19.9. The van der Waals surface area contributed by atoms with E-state index in [0.717, 1.165) is 6.07 Å². The number of rotatable bonds is 4. The summed E-state index contributed by atoms with van der Waals surface area (Å²) in [6, 6.07) is 13.3. The fraction of sp³-hybridized carbons (Fsp3) is 0.105. The van der Waals surface area contributed by atoms with E-state index in [1.807, 2.05) is 0 Å². The standard InChI is InChI=1S/C19H13NO7S/c21-14-11-16(27-15-7-3-1-5-12(14)15)19(23)26-10-9-20-18(22)13-6-2-4-8-17(13)28(20,24)25/h1-8,11H,9-10H2. The summed E-state index contributed by atoms with van der Waals surface area (Å²) in [5, 5.41) is 0.325. The van der Waals surface area contributed by atoms with Gasteiger partial charge in [-0.3, -0.25) is 9.59 Å². The quantitative estimate of drug-likeness (QED) is 0.615. The van der Waals surface area contributed by atoms with Gasteiger partial charge in [-0.2, -0.15) is 0 Å². The fourth-order valence-corrected chi connectivity index (χ4v) is 4.50. The first-order valence-corrected chi connectivity index (χ1v) is 9.70. The Bertz CT molecular complexity index is 1280. The number of hydrogen-bond donors (Lipinski definition) is 0. The highest BCUT2D eigenvalue weighted by atomic mass is 32.2. The summed E-state index contributed by atoms with van der Waals surface area (Å²) in [6.07, 6.45) is 0. The molecule has 0 fully saturated rings. The molecule has 1 amide bonds. The minimum atomic E-state index is -3.97. The molecule has 0 atom stereocenters. The molecule has 0 radical (unpaired) electrons. The van der Waals surface area contributed by atoms with Crippen molar-refractivity contribution in [1.29, 1.82) is 0 Å². The number of para-hydroxylation sites is 1. The van der Waals surface area contributed by atoms with E-state index in [0.29, 0.717) is 9.69 Å². The SMILES string of the molecule is O=C(OCCN1C(=O)c2ccccc2S1(=O)=O)c1cc(=O)c2ccccc2o1. The van der Waals surface area contributed by atoms with Crippen LogP contribution in [0.15, 0.2) is 68.7 Å². The van der Waals surface area contributed by atoms with Crippen molar-refractivity contribution < 1.29 is 27.2 Å². The predicted molar refractivity (Wildman–Crippen MR) is 97.4 cm³/mol. The van der Waals surface area contributed by atoms with Gasteiger partial charge in [-0.15, -0.1) is 0 Å².